The van der Waals surface area contributed by atoms with Crippen molar-refractivity contribution in [2.75, 3.05) is 11.9 Å². The molecular formula is C17H14ClN3O4S. The van der Waals surface area contributed by atoms with E-state index in [1.165, 1.54) is 6.20 Å². The number of amides is 1. The molecule has 2 heterocycles. The average Bonchev–Trinajstić information content (AvgIpc) is 2.96. The lowest BCUT2D eigenvalue weighted by Crippen LogP contribution is -2.21. The van der Waals surface area contributed by atoms with E-state index in [9.17, 15) is 14.4 Å². The van der Waals surface area contributed by atoms with Gasteiger partial charge in [0.15, 0.2) is 5.13 Å². The van der Waals surface area contributed by atoms with E-state index in [0.29, 0.717) is 26.5 Å². The van der Waals surface area contributed by atoms with Crippen LogP contribution in [0, 0.1) is 6.92 Å². The number of para-hydroxylation sites is 1. The summed E-state index contributed by atoms with van der Waals surface area (Å²) in [4.78, 5) is 44.2. The first-order chi connectivity index (χ1) is 12.4. The van der Waals surface area contributed by atoms with Crippen LogP contribution in [-0.2, 0) is 4.74 Å². The van der Waals surface area contributed by atoms with Gasteiger partial charge in [0.05, 0.1) is 22.8 Å². The average molecular weight is 392 g/mol. The van der Waals surface area contributed by atoms with Gasteiger partial charge in [-0.3, -0.25) is 14.9 Å². The molecule has 26 heavy (non-hydrogen) atoms. The third-order valence-electron chi connectivity index (χ3n) is 3.59. The zero-order chi connectivity index (χ0) is 18.8. The van der Waals surface area contributed by atoms with Gasteiger partial charge < -0.3 is 9.72 Å². The van der Waals surface area contributed by atoms with Crippen molar-refractivity contribution in [2.45, 2.75) is 13.8 Å². The number of anilines is 1. The molecule has 0 unspecified atom stereocenters. The molecule has 0 aliphatic heterocycles. The van der Waals surface area contributed by atoms with Crippen molar-refractivity contribution < 1.29 is 14.3 Å². The van der Waals surface area contributed by atoms with Crippen molar-refractivity contribution in [3.05, 3.63) is 55.8 Å². The molecule has 0 atom stereocenters. The number of carbonyl (C=O) groups excluding carboxylic acids is 2. The van der Waals surface area contributed by atoms with Crippen LogP contribution in [0.25, 0.3) is 10.9 Å². The predicted octanol–water partition coefficient (Wildman–Crippen LogP) is 3.38. The van der Waals surface area contributed by atoms with Gasteiger partial charge >= 0.3 is 5.97 Å². The lowest BCUT2D eigenvalue weighted by Gasteiger charge is -2.04. The quantitative estimate of drug-likeness (QED) is 0.664. The number of thiazole rings is 1. The molecule has 0 spiro atoms. The molecule has 0 saturated carbocycles. The molecule has 7 nitrogen and oxygen atoms in total. The number of carbonyl (C=O) groups is 2. The number of esters is 1. The minimum absolute atomic E-state index is 0.0784. The number of nitrogens with zero attached hydrogens (tertiary/aromatic N) is 1. The standard InChI is InChI=1S/C17H14ClN3O4S/c1-3-25-16(24)14-8(2)20-17(26-14)21-15(23)10-7-19-12-9(13(10)22)5-4-6-11(12)18/h4-7H,3H2,1-2H3,(H,19,22)(H,20,21,23). The summed E-state index contributed by atoms with van der Waals surface area (Å²) < 4.78 is 4.94. The van der Waals surface area contributed by atoms with Gasteiger partial charge in [-0.1, -0.05) is 29.0 Å². The summed E-state index contributed by atoms with van der Waals surface area (Å²) in [5, 5.41) is 3.46. The Balaban J connectivity index is 1.91. The SMILES string of the molecule is CCOC(=O)c1sc(NC(=O)c2c[nH]c3c(Cl)cccc3c2=O)nc1C. The normalized spacial score (nSPS) is 10.7. The molecular weight excluding hydrogens is 378 g/mol. The number of aromatic nitrogens is 2. The number of hydrogen-bond donors (Lipinski definition) is 2. The number of fused-ring (bicyclic) bond motifs is 1. The number of halogens is 1. The van der Waals surface area contributed by atoms with E-state index in [1.807, 2.05) is 0 Å². The lowest BCUT2D eigenvalue weighted by molar-refractivity contribution is 0.0531. The molecule has 0 aliphatic carbocycles. The smallest absolute Gasteiger partial charge is 0.350 e. The molecule has 0 aliphatic rings. The van der Waals surface area contributed by atoms with E-state index in [0.717, 1.165) is 11.3 Å². The predicted molar refractivity (Wildman–Crippen MR) is 100 cm³/mol. The van der Waals surface area contributed by atoms with Gasteiger partial charge in [-0.2, -0.15) is 0 Å². The van der Waals surface area contributed by atoms with Crippen LogP contribution < -0.4 is 10.7 Å². The molecule has 0 saturated heterocycles. The fourth-order valence-corrected chi connectivity index (χ4v) is 3.47. The summed E-state index contributed by atoms with van der Waals surface area (Å²) in [7, 11) is 0. The highest BCUT2D eigenvalue weighted by Crippen LogP contribution is 2.24. The van der Waals surface area contributed by atoms with E-state index in [1.54, 1.807) is 32.0 Å². The fraction of sp³-hybridized carbons (Fsp3) is 0.176. The Morgan fingerprint density at radius 3 is 2.88 bits per heavy atom. The van der Waals surface area contributed by atoms with Gasteiger partial charge in [-0.05, 0) is 26.0 Å². The van der Waals surface area contributed by atoms with Crippen LogP contribution in [0.3, 0.4) is 0 Å². The first-order valence-electron chi connectivity index (χ1n) is 7.68. The third-order valence-corrected chi connectivity index (χ3v) is 4.95. The maximum absolute atomic E-state index is 12.5. The van der Waals surface area contributed by atoms with Gasteiger partial charge in [0, 0.05) is 11.6 Å². The van der Waals surface area contributed by atoms with Crippen molar-refractivity contribution in [2.24, 2.45) is 0 Å². The summed E-state index contributed by atoms with van der Waals surface area (Å²) in [6.07, 6.45) is 1.30. The summed E-state index contributed by atoms with van der Waals surface area (Å²) in [6.45, 7) is 3.59. The summed E-state index contributed by atoms with van der Waals surface area (Å²) in [6, 6.07) is 4.87. The molecule has 2 N–H and O–H groups in total. The van der Waals surface area contributed by atoms with Crippen molar-refractivity contribution in [3.63, 3.8) is 0 Å². The van der Waals surface area contributed by atoms with E-state index < -0.39 is 17.3 Å². The second kappa shape index (κ2) is 7.27. The minimum Gasteiger partial charge on any atom is -0.462 e. The highest BCUT2D eigenvalue weighted by Gasteiger charge is 2.19. The minimum atomic E-state index is -0.628. The fourth-order valence-electron chi connectivity index (χ4n) is 2.38. The van der Waals surface area contributed by atoms with Gasteiger partial charge in [-0.25, -0.2) is 9.78 Å². The highest BCUT2D eigenvalue weighted by atomic mass is 35.5. The zero-order valence-corrected chi connectivity index (χ0v) is 15.5. The van der Waals surface area contributed by atoms with E-state index in [-0.39, 0.29) is 17.3 Å². The highest BCUT2D eigenvalue weighted by molar-refractivity contribution is 7.17. The van der Waals surface area contributed by atoms with Crippen LogP contribution in [0.5, 0.6) is 0 Å². The Bertz CT molecular complexity index is 1070. The number of rotatable bonds is 4. The van der Waals surface area contributed by atoms with Gasteiger partial charge in [0.1, 0.15) is 10.4 Å². The number of nitrogens with one attached hydrogen (secondary N) is 2. The summed E-state index contributed by atoms with van der Waals surface area (Å²) in [5.74, 6) is -1.13. The van der Waals surface area contributed by atoms with E-state index in [4.69, 9.17) is 16.3 Å². The number of aromatic amines is 1. The van der Waals surface area contributed by atoms with E-state index in [2.05, 4.69) is 15.3 Å². The number of aryl methyl sites for hydroxylation is 1. The van der Waals surface area contributed by atoms with Crippen LogP contribution in [0.2, 0.25) is 5.02 Å². The molecule has 9 heteroatoms. The third kappa shape index (κ3) is 3.33. The zero-order valence-electron chi connectivity index (χ0n) is 13.9. The summed E-state index contributed by atoms with van der Waals surface area (Å²) in [5.41, 5.74) is 0.385. The monoisotopic (exact) mass is 391 g/mol. The van der Waals surface area contributed by atoms with Gasteiger partial charge in [0.25, 0.3) is 5.91 Å². The Morgan fingerprint density at radius 2 is 2.15 bits per heavy atom. The number of benzene rings is 1. The maximum atomic E-state index is 12.5. The van der Waals surface area contributed by atoms with Crippen LogP contribution in [0.1, 0.15) is 32.6 Å². The first-order valence-corrected chi connectivity index (χ1v) is 8.87. The maximum Gasteiger partial charge on any atom is 0.350 e. The second-order valence-electron chi connectivity index (χ2n) is 5.30. The van der Waals surface area contributed by atoms with Crippen LogP contribution >= 0.6 is 22.9 Å². The molecule has 0 bridgehead atoms. The number of hydrogen-bond acceptors (Lipinski definition) is 6. The molecule has 0 fully saturated rings. The van der Waals surface area contributed by atoms with Gasteiger partial charge in [-0.15, -0.1) is 0 Å². The van der Waals surface area contributed by atoms with Crippen LogP contribution in [-0.4, -0.2) is 28.5 Å². The van der Waals surface area contributed by atoms with Gasteiger partial charge in [0.2, 0.25) is 5.43 Å². The van der Waals surface area contributed by atoms with Crippen LogP contribution in [0.15, 0.2) is 29.2 Å². The van der Waals surface area contributed by atoms with E-state index >= 15 is 0 Å². The lowest BCUT2D eigenvalue weighted by atomic mass is 10.1. The largest absolute Gasteiger partial charge is 0.462 e. The van der Waals surface area contributed by atoms with Crippen molar-refractivity contribution in [1.82, 2.24) is 9.97 Å². The Kier molecular flexibility index (Phi) is 5.06. The Hall–Kier alpha value is -2.71. The number of H-pyrrole nitrogens is 1. The summed E-state index contributed by atoms with van der Waals surface area (Å²) >= 11 is 7.03. The number of ether oxygens (including phenoxy) is 1. The molecule has 3 aromatic rings. The number of pyridine rings is 1. The van der Waals surface area contributed by atoms with Crippen molar-refractivity contribution in [3.8, 4) is 0 Å². The Morgan fingerprint density at radius 1 is 1.38 bits per heavy atom. The molecule has 1 amide bonds. The molecule has 0 radical (unpaired) electrons. The first kappa shape index (κ1) is 18.1. The Labute approximate surface area is 157 Å². The second-order valence-corrected chi connectivity index (χ2v) is 6.71. The molecule has 2 aromatic heterocycles. The molecule has 3 rings (SSSR count). The topological polar surface area (TPSA) is 101 Å². The molecule has 1 aromatic carbocycles. The van der Waals surface area contributed by atoms with Crippen LogP contribution in [0.4, 0.5) is 5.13 Å². The van der Waals surface area contributed by atoms with Crippen molar-refractivity contribution >= 4 is 50.8 Å². The van der Waals surface area contributed by atoms with Crippen molar-refractivity contribution in [1.29, 1.82) is 0 Å². The molecule has 134 valence electrons.